The number of hydrogen-bond donors (Lipinski definition) is 0. The molecular formula is C15H22N2O. The summed E-state index contributed by atoms with van der Waals surface area (Å²) in [5.41, 5.74) is 2.61. The molecular weight excluding hydrogens is 224 g/mol. The molecule has 0 atom stereocenters. The molecule has 0 spiro atoms. The largest absolute Gasteiger partial charge is 0.360 e. The van der Waals surface area contributed by atoms with Gasteiger partial charge in [-0.3, -0.25) is 4.79 Å². The molecule has 18 heavy (non-hydrogen) atoms. The van der Waals surface area contributed by atoms with Gasteiger partial charge in [0.05, 0.1) is 6.54 Å². The van der Waals surface area contributed by atoms with Crippen molar-refractivity contribution in [1.29, 1.82) is 0 Å². The SMILES string of the molecule is CN1CCN(c2ccccc2C(C)(C)C)CC1=O. The van der Waals surface area contributed by atoms with Crippen LogP contribution < -0.4 is 4.90 Å². The van der Waals surface area contributed by atoms with Gasteiger partial charge in [-0.25, -0.2) is 0 Å². The van der Waals surface area contributed by atoms with E-state index in [0.717, 1.165) is 13.1 Å². The van der Waals surface area contributed by atoms with Crippen LogP contribution in [0, 0.1) is 0 Å². The lowest BCUT2D eigenvalue weighted by atomic mass is 9.85. The number of anilines is 1. The zero-order valence-corrected chi connectivity index (χ0v) is 11.7. The zero-order chi connectivity index (χ0) is 13.3. The summed E-state index contributed by atoms with van der Waals surface area (Å²) in [6, 6.07) is 8.41. The molecule has 0 aliphatic carbocycles. The fourth-order valence-electron chi connectivity index (χ4n) is 2.35. The van der Waals surface area contributed by atoms with E-state index in [1.165, 1.54) is 11.3 Å². The van der Waals surface area contributed by atoms with E-state index in [9.17, 15) is 4.79 Å². The van der Waals surface area contributed by atoms with Crippen molar-refractivity contribution in [3.05, 3.63) is 29.8 Å². The number of hydrogen-bond acceptors (Lipinski definition) is 2. The van der Waals surface area contributed by atoms with Crippen LogP contribution in [0.2, 0.25) is 0 Å². The molecule has 2 rings (SSSR count). The topological polar surface area (TPSA) is 23.6 Å². The van der Waals surface area contributed by atoms with Crippen molar-refractivity contribution >= 4 is 11.6 Å². The minimum absolute atomic E-state index is 0.100. The van der Waals surface area contributed by atoms with Gasteiger partial charge in [0.25, 0.3) is 0 Å². The van der Waals surface area contributed by atoms with E-state index in [-0.39, 0.29) is 11.3 Å². The normalized spacial score (nSPS) is 17.2. The molecule has 1 aliphatic heterocycles. The van der Waals surface area contributed by atoms with Gasteiger partial charge in [0, 0.05) is 25.8 Å². The summed E-state index contributed by atoms with van der Waals surface area (Å²) >= 11 is 0. The summed E-state index contributed by atoms with van der Waals surface area (Å²) in [6.45, 7) is 8.84. The predicted molar refractivity (Wildman–Crippen MR) is 75.0 cm³/mol. The molecule has 1 aromatic carbocycles. The molecule has 0 radical (unpaired) electrons. The van der Waals surface area contributed by atoms with Gasteiger partial charge in [-0.1, -0.05) is 39.0 Å². The van der Waals surface area contributed by atoms with Gasteiger partial charge in [-0.2, -0.15) is 0 Å². The number of rotatable bonds is 1. The minimum Gasteiger partial charge on any atom is -0.360 e. The molecule has 1 aromatic rings. The van der Waals surface area contributed by atoms with Gasteiger partial charge in [-0.05, 0) is 17.0 Å². The minimum atomic E-state index is 0.100. The van der Waals surface area contributed by atoms with Gasteiger partial charge >= 0.3 is 0 Å². The predicted octanol–water partition coefficient (Wildman–Crippen LogP) is 2.26. The molecule has 1 fully saturated rings. The van der Waals surface area contributed by atoms with Crippen molar-refractivity contribution in [1.82, 2.24) is 4.90 Å². The number of carbonyl (C=O) groups is 1. The van der Waals surface area contributed by atoms with Crippen LogP contribution in [-0.4, -0.2) is 37.5 Å². The summed E-state index contributed by atoms with van der Waals surface area (Å²) in [5, 5.41) is 0. The Labute approximate surface area is 109 Å². The lowest BCUT2D eigenvalue weighted by Gasteiger charge is -2.36. The molecule has 3 nitrogen and oxygen atoms in total. The number of para-hydroxylation sites is 1. The molecule has 0 unspecified atom stereocenters. The first kappa shape index (κ1) is 12.9. The van der Waals surface area contributed by atoms with Gasteiger partial charge in [0.1, 0.15) is 0 Å². The maximum Gasteiger partial charge on any atom is 0.241 e. The Morgan fingerprint density at radius 1 is 1.11 bits per heavy atom. The lowest BCUT2D eigenvalue weighted by molar-refractivity contribution is -0.129. The Kier molecular flexibility index (Phi) is 3.33. The molecule has 98 valence electrons. The number of likely N-dealkylation sites (N-methyl/N-ethyl adjacent to an activating group) is 1. The summed E-state index contributed by atoms with van der Waals surface area (Å²) in [4.78, 5) is 15.8. The Morgan fingerprint density at radius 2 is 1.78 bits per heavy atom. The molecule has 1 aliphatic rings. The van der Waals surface area contributed by atoms with E-state index in [4.69, 9.17) is 0 Å². The average molecular weight is 246 g/mol. The Bertz CT molecular complexity index is 448. The molecule has 1 saturated heterocycles. The zero-order valence-electron chi connectivity index (χ0n) is 11.7. The molecule has 3 heteroatoms. The number of piperazine rings is 1. The second-order valence-electron chi connectivity index (χ2n) is 6.00. The average Bonchev–Trinajstić information content (AvgIpc) is 2.32. The number of nitrogens with zero attached hydrogens (tertiary/aromatic N) is 2. The van der Waals surface area contributed by atoms with Crippen molar-refractivity contribution in [2.75, 3.05) is 31.6 Å². The second kappa shape index (κ2) is 4.63. The Morgan fingerprint density at radius 3 is 2.39 bits per heavy atom. The monoisotopic (exact) mass is 246 g/mol. The third-order valence-corrected chi connectivity index (χ3v) is 3.51. The molecule has 1 amide bonds. The van der Waals surface area contributed by atoms with E-state index in [1.54, 1.807) is 4.90 Å². The Hall–Kier alpha value is -1.51. The van der Waals surface area contributed by atoms with E-state index in [0.29, 0.717) is 6.54 Å². The highest BCUT2D eigenvalue weighted by atomic mass is 16.2. The van der Waals surface area contributed by atoms with Crippen LogP contribution in [0.15, 0.2) is 24.3 Å². The molecule has 0 aromatic heterocycles. The highest BCUT2D eigenvalue weighted by Gasteiger charge is 2.25. The number of carbonyl (C=O) groups excluding carboxylic acids is 1. The smallest absolute Gasteiger partial charge is 0.241 e. The van der Waals surface area contributed by atoms with Crippen LogP contribution in [0.3, 0.4) is 0 Å². The van der Waals surface area contributed by atoms with Crippen molar-refractivity contribution in [2.45, 2.75) is 26.2 Å². The highest BCUT2D eigenvalue weighted by Crippen LogP contribution is 2.32. The summed E-state index contributed by atoms with van der Waals surface area (Å²) < 4.78 is 0. The van der Waals surface area contributed by atoms with Crippen LogP contribution in [-0.2, 0) is 10.2 Å². The van der Waals surface area contributed by atoms with Crippen molar-refractivity contribution in [2.24, 2.45) is 0 Å². The van der Waals surface area contributed by atoms with Gasteiger partial charge in [-0.15, -0.1) is 0 Å². The van der Waals surface area contributed by atoms with E-state index >= 15 is 0 Å². The summed E-state index contributed by atoms with van der Waals surface area (Å²) in [6.07, 6.45) is 0. The van der Waals surface area contributed by atoms with E-state index in [2.05, 4.69) is 43.9 Å². The first-order valence-electron chi connectivity index (χ1n) is 6.48. The third-order valence-electron chi connectivity index (χ3n) is 3.51. The van der Waals surface area contributed by atoms with Crippen LogP contribution in [0.5, 0.6) is 0 Å². The Balaban J connectivity index is 2.32. The fraction of sp³-hybridized carbons (Fsp3) is 0.533. The fourth-order valence-corrected chi connectivity index (χ4v) is 2.35. The van der Waals surface area contributed by atoms with Gasteiger partial charge in [0.2, 0.25) is 5.91 Å². The number of amides is 1. The maximum atomic E-state index is 11.8. The van der Waals surface area contributed by atoms with Gasteiger partial charge in [0.15, 0.2) is 0 Å². The summed E-state index contributed by atoms with van der Waals surface area (Å²) in [5.74, 6) is 0.199. The first-order valence-corrected chi connectivity index (χ1v) is 6.48. The highest BCUT2D eigenvalue weighted by molar-refractivity contribution is 5.83. The van der Waals surface area contributed by atoms with Crippen LogP contribution in [0.25, 0.3) is 0 Å². The molecule has 1 heterocycles. The molecule has 0 saturated carbocycles. The van der Waals surface area contributed by atoms with Crippen LogP contribution in [0.1, 0.15) is 26.3 Å². The van der Waals surface area contributed by atoms with Crippen molar-refractivity contribution in [3.63, 3.8) is 0 Å². The summed E-state index contributed by atoms with van der Waals surface area (Å²) in [7, 11) is 1.87. The van der Waals surface area contributed by atoms with Crippen LogP contribution in [0.4, 0.5) is 5.69 Å². The number of benzene rings is 1. The van der Waals surface area contributed by atoms with E-state index in [1.807, 2.05) is 13.1 Å². The van der Waals surface area contributed by atoms with Crippen molar-refractivity contribution in [3.8, 4) is 0 Å². The van der Waals surface area contributed by atoms with Gasteiger partial charge < -0.3 is 9.80 Å². The standard InChI is InChI=1S/C15H22N2O/c1-15(2,3)12-7-5-6-8-13(12)17-10-9-16(4)14(18)11-17/h5-8H,9-11H2,1-4H3. The quantitative estimate of drug-likeness (QED) is 0.759. The molecule has 0 N–H and O–H groups in total. The third kappa shape index (κ3) is 2.50. The van der Waals surface area contributed by atoms with Crippen LogP contribution >= 0.6 is 0 Å². The maximum absolute atomic E-state index is 11.8. The first-order chi connectivity index (χ1) is 8.39. The van der Waals surface area contributed by atoms with E-state index < -0.39 is 0 Å². The molecule has 0 bridgehead atoms. The van der Waals surface area contributed by atoms with Crippen molar-refractivity contribution < 1.29 is 4.79 Å². The lowest BCUT2D eigenvalue weighted by Crippen LogP contribution is -2.49. The second-order valence-corrected chi connectivity index (χ2v) is 6.00.